The van der Waals surface area contributed by atoms with Crippen molar-refractivity contribution in [2.24, 2.45) is 5.92 Å². The first-order chi connectivity index (χ1) is 13.7. The molecule has 0 radical (unpaired) electrons. The molecule has 0 unspecified atom stereocenters. The summed E-state index contributed by atoms with van der Waals surface area (Å²) in [6.07, 6.45) is 0. The number of hydrogen-bond donors (Lipinski definition) is 0. The topological polar surface area (TPSA) is 29.5 Å². The van der Waals surface area contributed by atoms with E-state index in [0.29, 0.717) is 6.61 Å². The smallest absolute Gasteiger partial charge is 0.324 e. The van der Waals surface area contributed by atoms with Crippen molar-refractivity contribution in [1.29, 1.82) is 0 Å². The highest BCUT2D eigenvalue weighted by Gasteiger charge is 2.46. The van der Waals surface area contributed by atoms with Crippen molar-refractivity contribution in [2.45, 2.75) is 25.6 Å². The number of nitrogens with zero attached hydrogens (tertiary/aromatic N) is 1. The number of carbonyl (C=O) groups is 1. The Hall–Kier alpha value is -2.91. The Morgan fingerprint density at radius 1 is 0.893 bits per heavy atom. The second-order valence-corrected chi connectivity index (χ2v) is 7.44. The van der Waals surface area contributed by atoms with Gasteiger partial charge in [-0.3, -0.25) is 9.69 Å². The molecule has 2 atom stereocenters. The van der Waals surface area contributed by atoms with Gasteiger partial charge in [-0.1, -0.05) is 97.9 Å². The zero-order chi connectivity index (χ0) is 19.3. The molecule has 1 saturated heterocycles. The van der Waals surface area contributed by atoms with E-state index in [1.807, 2.05) is 42.5 Å². The Morgan fingerprint density at radius 2 is 1.39 bits per heavy atom. The summed E-state index contributed by atoms with van der Waals surface area (Å²) in [5.74, 6) is 0.137. The highest BCUT2D eigenvalue weighted by molar-refractivity contribution is 5.77. The van der Waals surface area contributed by atoms with Crippen molar-refractivity contribution >= 4 is 5.97 Å². The minimum atomic E-state index is -0.228. The maximum Gasteiger partial charge on any atom is 0.324 e. The van der Waals surface area contributed by atoms with Gasteiger partial charge in [0.25, 0.3) is 0 Å². The minimum Gasteiger partial charge on any atom is -0.460 e. The van der Waals surface area contributed by atoms with Crippen LogP contribution in [0.25, 0.3) is 0 Å². The molecule has 28 heavy (non-hydrogen) atoms. The van der Waals surface area contributed by atoms with Crippen LogP contribution in [0.15, 0.2) is 91.0 Å². The second kappa shape index (κ2) is 8.41. The molecule has 0 spiro atoms. The Kier molecular flexibility index (Phi) is 5.54. The lowest BCUT2D eigenvalue weighted by Gasteiger charge is -2.49. The molecule has 4 rings (SSSR count). The standard InChI is InChI=1S/C25H25NO2/c1-19-17-26(23(19)25(27)28-18-20-11-5-2-6-12-20)24(21-13-7-3-8-14-21)22-15-9-4-10-16-22/h2-16,19,23-24H,17-18H2,1H3/t19-,23+/m1/s1. The summed E-state index contributed by atoms with van der Waals surface area (Å²) in [7, 11) is 0. The minimum absolute atomic E-state index is 0.0490. The summed E-state index contributed by atoms with van der Waals surface area (Å²) in [5.41, 5.74) is 3.40. The molecule has 3 nitrogen and oxygen atoms in total. The first kappa shape index (κ1) is 18.5. The van der Waals surface area contributed by atoms with Crippen LogP contribution in [0.5, 0.6) is 0 Å². The van der Waals surface area contributed by atoms with Gasteiger partial charge in [0, 0.05) is 6.54 Å². The van der Waals surface area contributed by atoms with E-state index in [-0.39, 0.29) is 24.0 Å². The van der Waals surface area contributed by atoms with E-state index < -0.39 is 0 Å². The first-order valence-corrected chi connectivity index (χ1v) is 9.80. The molecule has 1 heterocycles. The maximum absolute atomic E-state index is 12.9. The molecule has 0 saturated carbocycles. The fraction of sp³-hybridized carbons (Fsp3) is 0.240. The van der Waals surface area contributed by atoms with Crippen molar-refractivity contribution in [2.75, 3.05) is 6.54 Å². The number of carbonyl (C=O) groups excluding carboxylic acids is 1. The number of likely N-dealkylation sites (tertiary alicyclic amines) is 1. The maximum atomic E-state index is 12.9. The third kappa shape index (κ3) is 3.85. The Bertz CT molecular complexity index is 856. The predicted octanol–water partition coefficient (Wildman–Crippen LogP) is 4.84. The van der Waals surface area contributed by atoms with Gasteiger partial charge in [-0.25, -0.2) is 0 Å². The van der Waals surface area contributed by atoms with Crippen LogP contribution in [0.2, 0.25) is 0 Å². The molecule has 0 amide bonds. The second-order valence-electron chi connectivity index (χ2n) is 7.44. The summed E-state index contributed by atoms with van der Waals surface area (Å²) >= 11 is 0. The summed E-state index contributed by atoms with van der Waals surface area (Å²) in [4.78, 5) is 15.2. The normalized spacial score (nSPS) is 19.2. The summed E-state index contributed by atoms with van der Waals surface area (Å²) in [5, 5.41) is 0. The van der Waals surface area contributed by atoms with E-state index in [1.165, 1.54) is 11.1 Å². The fourth-order valence-corrected chi connectivity index (χ4v) is 4.03. The summed E-state index contributed by atoms with van der Waals surface area (Å²) in [6.45, 7) is 3.32. The number of esters is 1. The van der Waals surface area contributed by atoms with Crippen LogP contribution in [-0.4, -0.2) is 23.5 Å². The van der Waals surface area contributed by atoms with E-state index >= 15 is 0 Å². The Morgan fingerprint density at radius 3 is 1.89 bits per heavy atom. The number of ether oxygens (including phenoxy) is 1. The fourth-order valence-electron chi connectivity index (χ4n) is 4.03. The molecule has 3 aromatic rings. The van der Waals surface area contributed by atoms with E-state index in [1.54, 1.807) is 0 Å². The average Bonchev–Trinajstić information content (AvgIpc) is 2.74. The zero-order valence-corrected chi connectivity index (χ0v) is 16.1. The predicted molar refractivity (Wildman–Crippen MR) is 111 cm³/mol. The third-order valence-corrected chi connectivity index (χ3v) is 5.42. The molecular formula is C25H25NO2. The molecule has 3 aromatic carbocycles. The van der Waals surface area contributed by atoms with E-state index in [4.69, 9.17) is 4.74 Å². The lowest BCUT2D eigenvalue weighted by molar-refractivity contribution is -0.163. The molecule has 0 aromatic heterocycles. The highest BCUT2D eigenvalue weighted by atomic mass is 16.5. The SMILES string of the molecule is C[C@@H]1CN(C(c2ccccc2)c2ccccc2)[C@@H]1C(=O)OCc1ccccc1. The van der Waals surface area contributed by atoms with Gasteiger partial charge in [0.1, 0.15) is 12.6 Å². The molecule has 0 bridgehead atoms. The Labute approximate surface area is 166 Å². The molecule has 0 aliphatic carbocycles. The zero-order valence-electron chi connectivity index (χ0n) is 16.1. The van der Waals surface area contributed by atoms with Crippen LogP contribution in [-0.2, 0) is 16.1 Å². The third-order valence-electron chi connectivity index (χ3n) is 5.42. The van der Waals surface area contributed by atoms with E-state index in [0.717, 1.165) is 12.1 Å². The van der Waals surface area contributed by atoms with Gasteiger partial charge < -0.3 is 4.74 Å². The van der Waals surface area contributed by atoms with Crippen molar-refractivity contribution in [1.82, 2.24) is 4.90 Å². The van der Waals surface area contributed by atoms with Gasteiger partial charge >= 0.3 is 5.97 Å². The van der Waals surface area contributed by atoms with Crippen LogP contribution in [0, 0.1) is 5.92 Å². The molecule has 142 valence electrons. The van der Waals surface area contributed by atoms with Crippen molar-refractivity contribution < 1.29 is 9.53 Å². The van der Waals surface area contributed by atoms with Gasteiger partial charge in [0.05, 0.1) is 6.04 Å². The average molecular weight is 371 g/mol. The van der Waals surface area contributed by atoms with Crippen LogP contribution >= 0.6 is 0 Å². The number of rotatable bonds is 6. The largest absolute Gasteiger partial charge is 0.460 e. The lowest BCUT2D eigenvalue weighted by atomic mass is 9.84. The molecular weight excluding hydrogens is 346 g/mol. The van der Waals surface area contributed by atoms with Gasteiger partial charge in [0.2, 0.25) is 0 Å². The van der Waals surface area contributed by atoms with Gasteiger partial charge in [0.15, 0.2) is 0 Å². The summed E-state index contributed by atoms with van der Waals surface area (Å²) < 4.78 is 5.67. The number of benzene rings is 3. The highest BCUT2D eigenvalue weighted by Crippen LogP contribution is 2.39. The van der Waals surface area contributed by atoms with E-state index in [2.05, 4.69) is 60.4 Å². The molecule has 1 fully saturated rings. The van der Waals surface area contributed by atoms with Gasteiger partial charge in [-0.05, 0) is 22.6 Å². The molecule has 1 aliphatic rings. The van der Waals surface area contributed by atoms with Crippen molar-refractivity contribution in [3.05, 3.63) is 108 Å². The van der Waals surface area contributed by atoms with Crippen molar-refractivity contribution in [3.63, 3.8) is 0 Å². The van der Waals surface area contributed by atoms with Crippen LogP contribution in [0.3, 0.4) is 0 Å². The van der Waals surface area contributed by atoms with Crippen molar-refractivity contribution in [3.8, 4) is 0 Å². The van der Waals surface area contributed by atoms with Crippen LogP contribution in [0.4, 0.5) is 0 Å². The monoisotopic (exact) mass is 371 g/mol. The van der Waals surface area contributed by atoms with Gasteiger partial charge in [-0.2, -0.15) is 0 Å². The number of hydrogen-bond acceptors (Lipinski definition) is 3. The quantitative estimate of drug-likeness (QED) is 0.581. The lowest BCUT2D eigenvalue weighted by Crippen LogP contribution is -2.60. The summed E-state index contributed by atoms with van der Waals surface area (Å²) in [6, 6.07) is 30.4. The van der Waals surface area contributed by atoms with Gasteiger partial charge in [-0.15, -0.1) is 0 Å². The van der Waals surface area contributed by atoms with Crippen LogP contribution < -0.4 is 0 Å². The first-order valence-electron chi connectivity index (χ1n) is 9.80. The van der Waals surface area contributed by atoms with Crippen LogP contribution in [0.1, 0.15) is 29.7 Å². The molecule has 1 aliphatic heterocycles. The van der Waals surface area contributed by atoms with E-state index in [9.17, 15) is 4.79 Å². The molecule has 3 heteroatoms. The molecule has 0 N–H and O–H groups in total. The Balaban J connectivity index is 1.55.